The van der Waals surface area contributed by atoms with E-state index < -0.39 is 0 Å². The molecule has 6 nitrogen and oxygen atoms in total. The summed E-state index contributed by atoms with van der Waals surface area (Å²) in [6.07, 6.45) is 1.82. The quantitative estimate of drug-likeness (QED) is 0.753. The molecule has 0 unspecified atom stereocenters. The summed E-state index contributed by atoms with van der Waals surface area (Å²) in [6, 6.07) is 10.2. The molecule has 2 aromatic heterocycles. The highest BCUT2D eigenvalue weighted by Crippen LogP contribution is 2.15. The van der Waals surface area contributed by atoms with Crippen LogP contribution < -0.4 is 5.32 Å². The molecule has 0 saturated carbocycles. The maximum absolute atomic E-state index is 4.42. The van der Waals surface area contributed by atoms with Crippen LogP contribution in [0.4, 0.5) is 0 Å². The van der Waals surface area contributed by atoms with E-state index >= 15 is 0 Å². The lowest BCUT2D eigenvalue weighted by Gasteiger charge is -2.05. The summed E-state index contributed by atoms with van der Waals surface area (Å²) in [5.41, 5.74) is 2.20. The van der Waals surface area contributed by atoms with Crippen molar-refractivity contribution in [3.8, 4) is 0 Å². The topological polar surface area (TPSA) is 68.5 Å². The van der Waals surface area contributed by atoms with Crippen molar-refractivity contribution in [2.75, 3.05) is 0 Å². The molecule has 96 valence electrons. The molecule has 0 aliphatic carbocycles. The highest BCUT2D eigenvalue weighted by molar-refractivity contribution is 5.81. The maximum Gasteiger partial charge on any atom is 0.188 e. The number of rotatable bonds is 4. The van der Waals surface area contributed by atoms with Gasteiger partial charge in [0.15, 0.2) is 5.82 Å². The number of aromatic nitrogens is 5. The predicted octanol–water partition coefficient (Wildman–Crippen LogP) is 1.05. The SMILES string of the molecule is Cn1nnc(CNCc2cccc3cccnc23)n1. The first-order valence-electron chi connectivity index (χ1n) is 6.09. The van der Waals surface area contributed by atoms with E-state index in [1.54, 1.807) is 7.05 Å². The summed E-state index contributed by atoms with van der Waals surface area (Å²) in [5.74, 6) is 0.690. The van der Waals surface area contributed by atoms with Crippen molar-refractivity contribution in [3.63, 3.8) is 0 Å². The smallest absolute Gasteiger partial charge is 0.188 e. The molecular weight excluding hydrogens is 240 g/mol. The first-order chi connectivity index (χ1) is 9.33. The van der Waals surface area contributed by atoms with Crippen LogP contribution in [0.15, 0.2) is 36.5 Å². The van der Waals surface area contributed by atoms with Crippen LogP contribution in [0.3, 0.4) is 0 Å². The Morgan fingerprint density at radius 2 is 2.05 bits per heavy atom. The fourth-order valence-corrected chi connectivity index (χ4v) is 2.01. The molecule has 1 N–H and O–H groups in total. The zero-order valence-corrected chi connectivity index (χ0v) is 10.6. The summed E-state index contributed by atoms with van der Waals surface area (Å²) < 4.78 is 0. The fourth-order valence-electron chi connectivity index (χ4n) is 2.01. The molecule has 0 spiro atoms. The molecule has 0 atom stereocenters. The van der Waals surface area contributed by atoms with Gasteiger partial charge in [-0.15, -0.1) is 10.2 Å². The van der Waals surface area contributed by atoms with Gasteiger partial charge in [0.1, 0.15) is 0 Å². The zero-order chi connectivity index (χ0) is 13.1. The van der Waals surface area contributed by atoms with Gasteiger partial charge >= 0.3 is 0 Å². The molecule has 0 aliphatic rings. The van der Waals surface area contributed by atoms with Crippen LogP contribution in [0.5, 0.6) is 0 Å². The van der Waals surface area contributed by atoms with Crippen molar-refractivity contribution in [1.29, 1.82) is 0 Å². The first kappa shape index (κ1) is 11.7. The van der Waals surface area contributed by atoms with Crippen molar-refractivity contribution >= 4 is 10.9 Å². The van der Waals surface area contributed by atoms with E-state index in [1.807, 2.05) is 18.3 Å². The molecular formula is C13H14N6. The van der Waals surface area contributed by atoms with Gasteiger partial charge in [-0.25, -0.2) is 0 Å². The Labute approximate surface area is 110 Å². The average molecular weight is 254 g/mol. The van der Waals surface area contributed by atoms with E-state index in [0.717, 1.165) is 17.4 Å². The fraction of sp³-hybridized carbons (Fsp3) is 0.231. The Morgan fingerprint density at radius 1 is 1.16 bits per heavy atom. The second-order valence-electron chi connectivity index (χ2n) is 4.29. The van der Waals surface area contributed by atoms with Gasteiger partial charge in [-0.3, -0.25) is 4.98 Å². The third-order valence-electron chi connectivity index (χ3n) is 2.86. The molecule has 2 heterocycles. The molecule has 6 heteroatoms. The van der Waals surface area contributed by atoms with E-state index in [-0.39, 0.29) is 0 Å². The van der Waals surface area contributed by atoms with Crippen molar-refractivity contribution in [2.45, 2.75) is 13.1 Å². The van der Waals surface area contributed by atoms with Crippen LogP contribution >= 0.6 is 0 Å². The molecule has 3 aromatic rings. The molecule has 1 aromatic carbocycles. The summed E-state index contributed by atoms with van der Waals surface area (Å²) in [4.78, 5) is 5.88. The average Bonchev–Trinajstić information content (AvgIpc) is 2.85. The lowest BCUT2D eigenvalue weighted by atomic mass is 10.1. The Kier molecular flexibility index (Phi) is 3.16. The van der Waals surface area contributed by atoms with Crippen LogP contribution in [-0.4, -0.2) is 25.2 Å². The number of hydrogen-bond acceptors (Lipinski definition) is 5. The van der Waals surface area contributed by atoms with Crippen LogP contribution in [0.25, 0.3) is 10.9 Å². The van der Waals surface area contributed by atoms with Crippen LogP contribution in [0.1, 0.15) is 11.4 Å². The minimum absolute atomic E-state index is 0.594. The van der Waals surface area contributed by atoms with Crippen molar-refractivity contribution in [1.82, 2.24) is 30.5 Å². The van der Waals surface area contributed by atoms with E-state index in [4.69, 9.17) is 0 Å². The highest BCUT2D eigenvalue weighted by atomic mass is 15.6. The Balaban J connectivity index is 1.71. The van der Waals surface area contributed by atoms with E-state index in [0.29, 0.717) is 12.4 Å². The number of nitrogens with one attached hydrogen (secondary N) is 1. The number of nitrogens with zero attached hydrogens (tertiary/aromatic N) is 5. The molecule has 0 radical (unpaired) electrons. The minimum atomic E-state index is 0.594. The molecule has 3 rings (SSSR count). The molecule has 0 bridgehead atoms. The minimum Gasteiger partial charge on any atom is -0.306 e. The largest absolute Gasteiger partial charge is 0.306 e. The predicted molar refractivity (Wildman–Crippen MR) is 71.1 cm³/mol. The van der Waals surface area contributed by atoms with Gasteiger partial charge in [-0.2, -0.15) is 4.80 Å². The van der Waals surface area contributed by atoms with E-state index in [2.05, 4.69) is 43.9 Å². The summed E-state index contributed by atoms with van der Waals surface area (Å²) in [7, 11) is 1.76. The lowest BCUT2D eigenvalue weighted by molar-refractivity contribution is 0.619. The van der Waals surface area contributed by atoms with E-state index in [9.17, 15) is 0 Å². The van der Waals surface area contributed by atoms with Crippen LogP contribution in [0.2, 0.25) is 0 Å². The number of benzene rings is 1. The summed E-state index contributed by atoms with van der Waals surface area (Å²) >= 11 is 0. The lowest BCUT2D eigenvalue weighted by Crippen LogP contribution is -2.14. The number of fused-ring (bicyclic) bond motifs is 1. The molecule has 19 heavy (non-hydrogen) atoms. The second kappa shape index (κ2) is 5.11. The maximum atomic E-state index is 4.42. The monoisotopic (exact) mass is 254 g/mol. The van der Waals surface area contributed by atoms with Gasteiger partial charge in [-0.05, 0) is 16.8 Å². The van der Waals surface area contributed by atoms with Crippen LogP contribution in [-0.2, 0) is 20.1 Å². The van der Waals surface area contributed by atoms with Gasteiger partial charge in [0.2, 0.25) is 0 Å². The van der Waals surface area contributed by atoms with Crippen LogP contribution in [0, 0.1) is 0 Å². The first-order valence-corrected chi connectivity index (χ1v) is 6.09. The summed E-state index contributed by atoms with van der Waals surface area (Å²) in [5, 5.41) is 16.3. The number of hydrogen-bond donors (Lipinski definition) is 1. The molecule has 0 fully saturated rings. The van der Waals surface area contributed by atoms with Crippen molar-refractivity contribution in [3.05, 3.63) is 47.9 Å². The summed E-state index contributed by atoms with van der Waals surface area (Å²) in [6.45, 7) is 1.32. The van der Waals surface area contributed by atoms with E-state index in [1.165, 1.54) is 10.4 Å². The third-order valence-corrected chi connectivity index (χ3v) is 2.86. The third kappa shape index (κ3) is 2.58. The van der Waals surface area contributed by atoms with Crippen molar-refractivity contribution < 1.29 is 0 Å². The Hall–Kier alpha value is -2.34. The standard InChI is InChI=1S/C13H14N6/c1-19-17-12(16-18-19)9-14-8-11-5-2-4-10-6-3-7-15-13(10)11/h2-7,14H,8-9H2,1H3. The zero-order valence-electron chi connectivity index (χ0n) is 10.6. The number of tetrazole rings is 1. The number of para-hydroxylation sites is 1. The van der Waals surface area contributed by atoms with Crippen molar-refractivity contribution in [2.24, 2.45) is 7.05 Å². The van der Waals surface area contributed by atoms with Gasteiger partial charge in [0.05, 0.1) is 19.1 Å². The van der Waals surface area contributed by atoms with Gasteiger partial charge in [-0.1, -0.05) is 24.3 Å². The van der Waals surface area contributed by atoms with Gasteiger partial charge in [0.25, 0.3) is 0 Å². The number of aryl methyl sites for hydroxylation is 1. The van der Waals surface area contributed by atoms with Gasteiger partial charge in [0, 0.05) is 18.1 Å². The Morgan fingerprint density at radius 3 is 2.89 bits per heavy atom. The van der Waals surface area contributed by atoms with Gasteiger partial charge < -0.3 is 5.32 Å². The highest BCUT2D eigenvalue weighted by Gasteiger charge is 2.03. The molecule has 0 amide bonds. The second-order valence-corrected chi connectivity index (χ2v) is 4.29. The number of pyridine rings is 1. The normalized spacial score (nSPS) is 11.0. The molecule has 0 aliphatic heterocycles. The Bertz CT molecular complexity index is 685. The molecule has 0 saturated heterocycles.